The molecule has 0 N–H and O–H groups in total. The van der Waals surface area contributed by atoms with Gasteiger partial charge in [-0.25, -0.2) is 0 Å². The molecule has 182 valence electrons. The molecular formula is C24H21F3N4O4. The Kier molecular flexibility index (Phi) is 6.59. The molecular weight excluding hydrogens is 465 g/mol. The molecule has 2 aromatic heterocycles. The first kappa shape index (κ1) is 24.0. The number of carbonyl (C=O) groups is 1. The Morgan fingerprint density at radius 2 is 1.89 bits per heavy atom. The van der Waals surface area contributed by atoms with Crippen molar-refractivity contribution in [1.82, 2.24) is 19.9 Å². The van der Waals surface area contributed by atoms with E-state index in [0.29, 0.717) is 30.0 Å². The van der Waals surface area contributed by atoms with E-state index in [4.69, 9.17) is 9.26 Å². The monoisotopic (exact) mass is 486 g/mol. The normalized spacial score (nSPS) is 11.5. The predicted molar refractivity (Wildman–Crippen MR) is 119 cm³/mol. The number of alkyl halides is 3. The summed E-state index contributed by atoms with van der Waals surface area (Å²) in [5.41, 5.74) is 3.62. The van der Waals surface area contributed by atoms with E-state index in [1.54, 1.807) is 16.8 Å². The molecule has 0 atom stereocenters. The standard InChI is InChI=1S/C24H21F3N4O4/c1-4-19-17(6-5-7-21(19)33-15(3)32)13-31-14(2)12-20(29-31)23-28-22(30-35-23)16-8-10-18(11-9-16)34-24(25,26)27/h5-12H,4,13H2,1-3H3. The Bertz CT molecular complexity index is 1340. The van der Waals surface area contributed by atoms with Crippen LogP contribution >= 0.6 is 0 Å². The Morgan fingerprint density at radius 1 is 1.14 bits per heavy atom. The van der Waals surface area contributed by atoms with Crippen LogP contribution in [0.5, 0.6) is 11.5 Å². The number of hydrogen-bond acceptors (Lipinski definition) is 7. The van der Waals surface area contributed by atoms with Crippen LogP contribution in [0.1, 0.15) is 30.7 Å². The van der Waals surface area contributed by atoms with Gasteiger partial charge in [0.25, 0.3) is 5.89 Å². The number of hydrogen-bond donors (Lipinski definition) is 0. The summed E-state index contributed by atoms with van der Waals surface area (Å²) in [5, 5.41) is 8.48. The van der Waals surface area contributed by atoms with Gasteiger partial charge in [-0.05, 0) is 60.9 Å². The minimum atomic E-state index is -4.77. The molecule has 0 aliphatic rings. The van der Waals surface area contributed by atoms with Crippen molar-refractivity contribution in [3.63, 3.8) is 0 Å². The summed E-state index contributed by atoms with van der Waals surface area (Å²) in [6, 6.07) is 12.5. The van der Waals surface area contributed by atoms with E-state index in [1.807, 2.05) is 26.0 Å². The lowest BCUT2D eigenvalue weighted by Crippen LogP contribution is -2.16. The molecule has 0 unspecified atom stereocenters. The quantitative estimate of drug-likeness (QED) is 0.257. The van der Waals surface area contributed by atoms with Crippen LogP contribution in [0.3, 0.4) is 0 Å². The van der Waals surface area contributed by atoms with Crippen molar-refractivity contribution in [2.45, 2.75) is 40.1 Å². The third-order valence-corrected chi connectivity index (χ3v) is 5.13. The average molecular weight is 486 g/mol. The van der Waals surface area contributed by atoms with E-state index in [9.17, 15) is 18.0 Å². The van der Waals surface area contributed by atoms with E-state index < -0.39 is 6.36 Å². The Hall–Kier alpha value is -4.15. The third kappa shape index (κ3) is 5.68. The molecule has 0 saturated carbocycles. The van der Waals surface area contributed by atoms with Crippen LogP contribution in [0.4, 0.5) is 13.2 Å². The summed E-state index contributed by atoms with van der Waals surface area (Å²) in [6.07, 6.45) is -4.09. The summed E-state index contributed by atoms with van der Waals surface area (Å²) in [5.74, 6) is 0.165. The van der Waals surface area contributed by atoms with E-state index in [-0.39, 0.29) is 23.4 Å². The second-order valence-corrected chi connectivity index (χ2v) is 7.66. The highest BCUT2D eigenvalue weighted by molar-refractivity contribution is 5.70. The fourth-order valence-corrected chi connectivity index (χ4v) is 3.60. The van der Waals surface area contributed by atoms with Gasteiger partial charge in [-0.3, -0.25) is 9.48 Å². The summed E-state index contributed by atoms with van der Waals surface area (Å²) < 4.78 is 53.4. The number of aryl methyl sites for hydroxylation is 1. The molecule has 2 heterocycles. The lowest BCUT2D eigenvalue weighted by molar-refractivity contribution is -0.274. The minimum absolute atomic E-state index is 0.168. The van der Waals surface area contributed by atoms with Gasteiger partial charge < -0.3 is 14.0 Å². The molecule has 4 aromatic rings. The van der Waals surface area contributed by atoms with E-state index in [2.05, 4.69) is 20.0 Å². The van der Waals surface area contributed by atoms with Gasteiger partial charge in [0.05, 0.1) is 6.54 Å². The van der Waals surface area contributed by atoms with Crippen molar-refractivity contribution in [3.8, 4) is 34.5 Å². The number of halogens is 3. The van der Waals surface area contributed by atoms with Crippen molar-refractivity contribution in [2.75, 3.05) is 0 Å². The van der Waals surface area contributed by atoms with E-state index in [1.165, 1.54) is 31.2 Å². The predicted octanol–water partition coefficient (Wildman–Crippen LogP) is 5.34. The SMILES string of the molecule is CCc1c(Cn2nc(-c3nc(-c4ccc(OC(F)(F)F)cc4)no3)cc2C)cccc1OC(C)=O. The molecule has 0 fully saturated rings. The average Bonchev–Trinajstić information content (AvgIpc) is 3.40. The molecule has 0 saturated heterocycles. The van der Waals surface area contributed by atoms with Gasteiger partial charge in [-0.1, -0.05) is 24.2 Å². The largest absolute Gasteiger partial charge is 0.573 e. The van der Waals surface area contributed by atoms with Crippen molar-refractivity contribution < 1.29 is 32.0 Å². The van der Waals surface area contributed by atoms with Gasteiger partial charge >= 0.3 is 12.3 Å². The molecule has 11 heteroatoms. The van der Waals surface area contributed by atoms with Crippen LogP contribution in [0, 0.1) is 6.92 Å². The minimum Gasteiger partial charge on any atom is -0.426 e. The van der Waals surface area contributed by atoms with Crippen molar-refractivity contribution in [3.05, 3.63) is 65.4 Å². The molecule has 0 bridgehead atoms. The highest BCUT2D eigenvalue weighted by atomic mass is 19.4. The smallest absolute Gasteiger partial charge is 0.426 e. The van der Waals surface area contributed by atoms with Gasteiger partial charge in [0.15, 0.2) is 5.69 Å². The lowest BCUT2D eigenvalue weighted by Gasteiger charge is -2.13. The van der Waals surface area contributed by atoms with Crippen LogP contribution in [0.2, 0.25) is 0 Å². The Labute approximate surface area is 198 Å². The number of rotatable bonds is 7. The fourth-order valence-electron chi connectivity index (χ4n) is 3.60. The topological polar surface area (TPSA) is 92.3 Å². The molecule has 0 radical (unpaired) electrons. The second kappa shape index (κ2) is 9.61. The Balaban J connectivity index is 1.55. The van der Waals surface area contributed by atoms with Gasteiger partial charge in [0.1, 0.15) is 11.5 Å². The van der Waals surface area contributed by atoms with Crippen LogP contribution < -0.4 is 9.47 Å². The molecule has 0 amide bonds. The van der Waals surface area contributed by atoms with Crippen LogP contribution in [-0.2, 0) is 17.8 Å². The van der Waals surface area contributed by atoms with E-state index >= 15 is 0 Å². The maximum atomic E-state index is 12.3. The zero-order chi connectivity index (χ0) is 25.2. The van der Waals surface area contributed by atoms with Crippen molar-refractivity contribution in [2.24, 2.45) is 0 Å². The molecule has 0 spiro atoms. The number of carbonyl (C=O) groups excluding carboxylic acids is 1. The first-order valence-electron chi connectivity index (χ1n) is 10.7. The Morgan fingerprint density at radius 3 is 2.54 bits per heavy atom. The maximum absolute atomic E-state index is 12.3. The molecule has 35 heavy (non-hydrogen) atoms. The zero-order valence-electron chi connectivity index (χ0n) is 19.1. The highest BCUT2D eigenvalue weighted by Crippen LogP contribution is 2.28. The molecule has 4 rings (SSSR count). The van der Waals surface area contributed by atoms with E-state index in [0.717, 1.165) is 16.8 Å². The number of aromatic nitrogens is 4. The maximum Gasteiger partial charge on any atom is 0.573 e. The second-order valence-electron chi connectivity index (χ2n) is 7.66. The van der Waals surface area contributed by atoms with Gasteiger partial charge in [-0.15, -0.1) is 13.2 Å². The molecule has 8 nitrogen and oxygen atoms in total. The van der Waals surface area contributed by atoms with Crippen LogP contribution in [0.15, 0.2) is 53.1 Å². The molecule has 0 aliphatic heterocycles. The fraction of sp³-hybridized carbons (Fsp3) is 0.250. The van der Waals surface area contributed by atoms with Crippen molar-refractivity contribution >= 4 is 5.97 Å². The summed E-state index contributed by atoms with van der Waals surface area (Å²) >= 11 is 0. The highest BCUT2D eigenvalue weighted by Gasteiger charge is 2.31. The number of nitrogens with zero attached hydrogens (tertiary/aromatic N) is 4. The first-order chi connectivity index (χ1) is 16.6. The first-order valence-corrected chi connectivity index (χ1v) is 10.7. The molecule has 2 aromatic carbocycles. The lowest BCUT2D eigenvalue weighted by atomic mass is 10.0. The van der Waals surface area contributed by atoms with Gasteiger partial charge in [0, 0.05) is 18.2 Å². The van der Waals surface area contributed by atoms with Crippen LogP contribution in [-0.4, -0.2) is 32.3 Å². The number of esters is 1. The number of benzene rings is 2. The summed E-state index contributed by atoms with van der Waals surface area (Å²) in [7, 11) is 0. The van der Waals surface area contributed by atoms with Gasteiger partial charge in [0.2, 0.25) is 5.82 Å². The van der Waals surface area contributed by atoms with Crippen LogP contribution in [0.25, 0.3) is 23.0 Å². The molecule has 0 aliphatic carbocycles. The van der Waals surface area contributed by atoms with Gasteiger partial charge in [-0.2, -0.15) is 10.1 Å². The number of ether oxygens (including phenoxy) is 2. The zero-order valence-corrected chi connectivity index (χ0v) is 19.1. The summed E-state index contributed by atoms with van der Waals surface area (Å²) in [4.78, 5) is 15.7. The summed E-state index contributed by atoms with van der Waals surface area (Å²) in [6.45, 7) is 5.66. The third-order valence-electron chi connectivity index (χ3n) is 5.13. The van der Waals surface area contributed by atoms with Crippen molar-refractivity contribution in [1.29, 1.82) is 0 Å².